The van der Waals surface area contributed by atoms with Crippen molar-refractivity contribution in [3.05, 3.63) is 47.7 Å². The smallest absolute Gasteiger partial charge is 0.396 e. The van der Waals surface area contributed by atoms with Gasteiger partial charge in [-0.15, -0.1) is 10.2 Å². The Morgan fingerprint density at radius 1 is 1.22 bits per heavy atom. The van der Waals surface area contributed by atoms with E-state index in [1.165, 1.54) is 14.2 Å². The number of ether oxygens (including phenoxy) is 2. The molecule has 1 aromatic heterocycles. The molecule has 94 valence electrons. The van der Waals surface area contributed by atoms with Crippen LogP contribution in [0.15, 0.2) is 34.7 Å². The Hall–Kier alpha value is -2.21. The molecule has 0 fully saturated rings. The van der Waals surface area contributed by atoms with Gasteiger partial charge in [0.15, 0.2) is 6.10 Å². The summed E-state index contributed by atoms with van der Waals surface area (Å²) in [6.07, 6.45) is -0.503. The Labute approximate surface area is 104 Å². The second-order valence-electron chi connectivity index (χ2n) is 3.46. The number of aromatic nitrogens is 2. The first-order chi connectivity index (χ1) is 8.76. The second kappa shape index (κ2) is 5.42. The number of hydrogen-bond donors (Lipinski definition) is 0. The zero-order chi connectivity index (χ0) is 13.0. The van der Waals surface area contributed by atoms with E-state index in [9.17, 15) is 4.79 Å². The van der Waals surface area contributed by atoms with Crippen molar-refractivity contribution >= 4 is 5.97 Å². The Morgan fingerprint density at radius 2 is 1.94 bits per heavy atom. The Morgan fingerprint density at radius 3 is 2.56 bits per heavy atom. The highest BCUT2D eigenvalue weighted by Crippen LogP contribution is 2.23. The number of carbonyl (C=O) groups is 1. The Bertz CT molecular complexity index is 524. The molecule has 0 saturated carbocycles. The predicted octanol–water partition coefficient (Wildman–Crippen LogP) is 1.59. The van der Waals surface area contributed by atoms with E-state index in [4.69, 9.17) is 9.15 Å². The minimum absolute atomic E-state index is 0.189. The average Bonchev–Trinajstić information content (AvgIpc) is 2.89. The number of rotatable bonds is 4. The highest BCUT2D eigenvalue weighted by molar-refractivity contribution is 5.83. The molecular formula is C12H12N2O4. The van der Waals surface area contributed by atoms with Gasteiger partial charge < -0.3 is 13.9 Å². The molecule has 0 spiro atoms. The summed E-state index contributed by atoms with van der Waals surface area (Å²) in [5.41, 5.74) is 0.861. The fourth-order valence-corrected chi connectivity index (χ4v) is 1.52. The second-order valence-corrected chi connectivity index (χ2v) is 3.46. The van der Waals surface area contributed by atoms with Crippen LogP contribution in [0.2, 0.25) is 0 Å². The minimum atomic E-state index is -0.670. The molecule has 1 unspecified atom stereocenters. The average molecular weight is 248 g/mol. The fraction of sp³-hybridized carbons (Fsp3) is 0.250. The zero-order valence-electron chi connectivity index (χ0n) is 9.99. The van der Waals surface area contributed by atoms with Crippen molar-refractivity contribution in [3.63, 3.8) is 0 Å². The van der Waals surface area contributed by atoms with Crippen LogP contribution in [0.1, 0.15) is 28.2 Å². The van der Waals surface area contributed by atoms with Crippen LogP contribution in [0.3, 0.4) is 0 Å². The highest BCUT2D eigenvalue weighted by atomic mass is 16.5. The first-order valence-electron chi connectivity index (χ1n) is 5.25. The molecule has 6 nitrogen and oxygen atoms in total. The summed E-state index contributed by atoms with van der Waals surface area (Å²) in [7, 11) is 2.77. The van der Waals surface area contributed by atoms with Crippen molar-refractivity contribution in [2.45, 2.75) is 6.10 Å². The van der Waals surface area contributed by atoms with Gasteiger partial charge in [-0.25, -0.2) is 4.79 Å². The molecule has 1 atom stereocenters. The van der Waals surface area contributed by atoms with Crippen LogP contribution in [-0.2, 0) is 9.47 Å². The molecule has 1 aromatic carbocycles. The molecule has 0 aliphatic rings. The lowest BCUT2D eigenvalue weighted by Gasteiger charge is -2.10. The van der Waals surface area contributed by atoms with Crippen LogP contribution in [0, 0.1) is 0 Å². The van der Waals surface area contributed by atoms with E-state index in [1.54, 1.807) is 0 Å². The molecule has 0 N–H and O–H groups in total. The van der Waals surface area contributed by atoms with Gasteiger partial charge in [0.25, 0.3) is 0 Å². The third-order valence-electron chi connectivity index (χ3n) is 2.36. The molecule has 0 bridgehead atoms. The van der Waals surface area contributed by atoms with Gasteiger partial charge in [-0.1, -0.05) is 30.3 Å². The highest BCUT2D eigenvalue weighted by Gasteiger charge is 2.23. The fourth-order valence-electron chi connectivity index (χ4n) is 1.52. The van der Waals surface area contributed by atoms with Crippen LogP contribution in [0.5, 0.6) is 0 Å². The van der Waals surface area contributed by atoms with E-state index in [-0.39, 0.29) is 11.8 Å². The summed E-state index contributed by atoms with van der Waals surface area (Å²) in [4.78, 5) is 11.2. The van der Waals surface area contributed by atoms with Crippen molar-refractivity contribution in [2.75, 3.05) is 14.2 Å². The van der Waals surface area contributed by atoms with Gasteiger partial charge in [-0.2, -0.15) is 0 Å². The SMILES string of the molecule is COC(=O)c1nnc(C(OC)c2ccccc2)o1. The summed E-state index contributed by atoms with van der Waals surface area (Å²) in [5.74, 6) is -0.647. The largest absolute Gasteiger partial charge is 0.462 e. The molecule has 6 heteroatoms. The lowest BCUT2D eigenvalue weighted by atomic mass is 10.1. The number of benzene rings is 1. The first kappa shape index (κ1) is 12.3. The molecule has 0 aliphatic heterocycles. The van der Waals surface area contributed by atoms with Crippen molar-refractivity contribution in [3.8, 4) is 0 Å². The standard InChI is InChI=1S/C12H12N2O4/c1-16-9(8-6-4-3-5-7-8)10-13-14-11(18-10)12(15)17-2/h3-7,9H,1-2H3. The summed E-state index contributed by atoms with van der Waals surface area (Å²) in [6, 6.07) is 9.38. The lowest BCUT2D eigenvalue weighted by molar-refractivity contribution is 0.0542. The van der Waals surface area contributed by atoms with E-state index >= 15 is 0 Å². The van der Waals surface area contributed by atoms with Crippen LogP contribution in [0.4, 0.5) is 0 Å². The number of methoxy groups -OCH3 is 2. The number of esters is 1. The van der Waals surface area contributed by atoms with E-state index in [1.807, 2.05) is 30.3 Å². The van der Waals surface area contributed by atoms with E-state index in [2.05, 4.69) is 14.9 Å². The number of hydrogen-bond acceptors (Lipinski definition) is 6. The molecule has 2 rings (SSSR count). The first-order valence-corrected chi connectivity index (χ1v) is 5.25. The van der Waals surface area contributed by atoms with E-state index in [0.717, 1.165) is 5.56 Å². The molecular weight excluding hydrogens is 236 g/mol. The third-order valence-corrected chi connectivity index (χ3v) is 2.36. The van der Waals surface area contributed by atoms with Crippen molar-refractivity contribution in [2.24, 2.45) is 0 Å². The number of carbonyl (C=O) groups excluding carboxylic acids is 1. The van der Waals surface area contributed by atoms with Gasteiger partial charge in [-0.05, 0) is 5.56 Å². The van der Waals surface area contributed by atoms with Gasteiger partial charge in [0.05, 0.1) is 7.11 Å². The number of nitrogens with zero attached hydrogens (tertiary/aromatic N) is 2. The topological polar surface area (TPSA) is 74.5 Å². The summed E-state index contributed by atoms with van der Waals surface area (Å²) >= 11 is 0. The van der Waals surface area contributed by atoms with Crippen LogP contribution < -0.4 is 0 Å². The van der Waals surface area contributed by atoms with Crippen molar-refractivity contribution in [1.82, 2.24) is 10.2 Å². The van der Waals surface area contributed by atoms with Crippen LogP contribution in [0.25, 0.3) is 0 Å². The Balaban J connectivity index is 2.29. The maximum Gasteiger partial charge on any atom is 0.396 e. The van der Waals surface area contributed by atoms with Gasteiger partial charge in [0.2, 0.25) is 5.89 Å². The van der Waals surface area contributed by atoms with Crippen molar-refractivity contribution < 1.29 is 18.7 Å². The van der Waals surface area contributed by atoms with E-state index < -0.39 is 12.1 Å². The molecule has 0 saturated heterocycles. The van der Waals surface area contributed by atoms with Crippen LogP contribution >= 0.6 is 0 Å². The normalized spacial score (nSPS) is 12.1. The van der Waals surface area contributed by atoms with Crippen LogP contribution in [-0.4, -0.2) is 30.4 Å². The maximum atomic E-state index is 11.2. The lowest BCUT2D eigenvalue weighted by Crippen LogP contribution is -2.03. The molecule has 0 amide bonds. The Kier molecular flexibility index (Phi) is 3.69. The monoisotopic (exact) mass is 248 g/mol. The quantitative estimate of drug-likeness (QED) is 0.765. The van der Waals surface area contributed by atoms with Gasteiger partial charge in [0.1, 0.15) is 0 Å². The minimum Gasteiger partial charge on any atom is -0.462 e. The summed E-state index contributed by atoms with van der Waals surface area (Å²) < 4.78 is 15.0. The van der Waals surface area contributed by atoms with E-state index in [0.29, 0.717) is 0 Å². The molecule has 0 radical (unpaired) electrons. The predicted molar refractivity (Wildman–Crippen MR) is 60.9 cm³/mol. The zero-order valence-corrected chi connectivity index (χ0v) is 9.99. The maximum absolute atomic E-state index is 11.2. The third kappa shape index (κ3) is 2.38. The molecule has 0 aliphatic carbocycles. The molecule has 2 aromatic rings. The van der Waals surface area contributed by atoms with Gasteiger partial charge in [-0.3, -0.25) is 0 Å². The van der Waals surface area contributed by atoms with Gasteiger partial charge in [0, 0.05) is 7.11 Å². The summed E-state index contributed by atoms with van der Waals surface area (Å²) in [6.45, 7) is 0. The summed E-state index contributed by atoms with van der Waals surface area (Å²) in [5, 5.41) is 7.40. The molecule has 1 heterocycles. The van der Waals surface area contributed by atoms with Crippen molar-refractivity contribution in [1.29, 1.82) is 0 Å². The molecule has 18 heavy (non-hydrogen) atoms. The van der Waals surface area contributed by atoms with Gasteiger partial charge >= 0.3 is 11.9 Å².